The summed E-state index contributed by atoms with van der Waals surface area (Å²) in [6.07, 6.45) is 4.82. The highest BCUT2D eigenvalue weighted by Crippen LogP contribution is 2.34. The van der Waals surface area contributed by atoms with E-state index in [-0.39, 0.29) is 5.91 Å². The minimum absolute atomic E-state index is 0.386. The average Bonchev–Trinajstić information content (AvgIpc) is 2.93. The van der Waals surface area contributed by atoms with Gasteiger partial charge in [0.1, 0.15) is 0 Å². The highest BCUT2D eigenvalue weighted by molar-refractivity contribution is 9.10. The zero-order valence-electron chi connectivity index (χ0n) is 15.7. The molecule has 2 heterocycles. The molecule has 1 aromatic carbocycles. The van der Waals surface area contributed by atoms with Crippen molar-refractivity contribution in [3.05, 3.63) is 75.8 Å². The van der Waals surface area contributed by atoms with Gasteiger partial charge in [0.05, 0.1) is 17.8 Å². The minimum atomic E-state index is -0.386. The summed E-state index contributed by atoms with van der Waals surface area (Å²) in [5.41, 5.74) is 11.4. The largest absolute Gasteiger partial charge is 0.366 e. The van der Waals surface area contributed by atoms with Gasteiger partial charge in [0, 0.05) is 27.6 Å². The summed E-state index contributed by atoms with van der Waals surface area (Å²) in [5.74, 6) is -0.386. The summed E-state index contributed by atoms with van der Waals surface area (Å²) in [4.78, 5) is 16.8. The number of amides is 1. The molecule has 0 saturated heterocycles. The second-order valence-electron chi connectivity index (χ2n) is 6.66. The Balaban J connectivity index is 2.21. The van der Waals surface area contributed by atoms with Crippen LogP contribution in [0.25, 0.3) is 11.1 Å². The van der Waals surface area contributed by atoms with Crippen molar-refractivity contribution >= 4 is 21.8 Å². The first-order valence-corrected chi connectivity index (χ1v) is 9.99. The van der Waals surface area contributed by atoms with E-state index in [0.717, 1.165) is 51.9 Å². The van der Waals surface area contributed by atoms with Gasteiger partial charge in [-0.1, -0.05) is 47.5 Å². The van der Waals surface area contributed by atoms with Crippen LogP contribution in [0.5, 0.6) is 0 Å². The molecule has 0 aliphatic rings. The van der Waals surface area contributed by atoms with Gasteiger partial charge in [-0.3, -0.25) is 9.78 Å². The average molecular weight is 426 g/mol. The van der Waals surface area contributed by atoms with Crippen LogP contribution in [0.2, 0.25) is 0 Å². The van der Waals surface area contributed by atoms with Crippen LogP contribution in [-0.2, 0) is 13.0 Å². The van der Waals surface area contributed by atoms with E-state index in [1.807, 2.05) is 49.4 Å². The molecule has 2 aromatic heterocycles. The molecule has 5 heteroatoms. The quantitative estimate of drug-likeness (QED) is 0.571. The Morgan fingerprint density at radius 2 is 1.93 bits per heavy atom. The van der Waals surface area contributed by atoms with Crippen LogP contribution in [0.1, 0.15) is 47.2 Å². The number of nitrogens with zero attached hydrogens (tertiary/aromatic N) is 2. The number of pyridine rings is 1. The fourth-order valence-electron chi connectivity index (χ4n) is 3.50. The molecular weight excluding hydrogens is 402 g/mol. The Kier molecular flexibility index (Phi) is 6.11. The van der Waals surface area contributed by atoms with Gasteiger partial charge >= 0.3 is 0 Å². The molecule has 0 fully saturated rings. The number of hydrogen-bond donors (Lipinski definition) is 1. The van der Waals surface area contributed by atoms with Gasteiger partial charge in [0.15, 0.2) is 0 Å². The molecule has 0 aliphatic heterocycles. The lowest BCUT2D eigenvalue weighted by Crippen LogP contribution is -2.13. The lowest BCUT2D eigenvalue weighted by molar-refractivity contribution is 0.1000. The number of nitrogens with two attached hydrogens (primary N) is 1. The lowest BCUT2D eigenvalue weighted by atomic mass is 9.97. The monoisotopic (exact) mass is 425 g/mol. The maximum absolute atomic E-state index is 12.4. The number of halogens is 1. The van der Waals surface area contributed by atoms with Crippen LogP contribution in [0.15, 0.2) is 53.1 Å². The van der Waals surface area contributed by atoms with Gasteiger partial charge in [0.25, 0.3) is 5.91 Å². The summed E-state index contributed by atoms with van der Waals surface area (Å²) in [5, 5.41) is 0. The number of carbonyl (C=O) groups is 1. The standard InChI is InChI=1S/C22H24BrN3O/c1-3-4-8-19-21(16-9-11-17(23)12-10-16)20(22(24)27)15(2)26(19)14-18-7-5-6-13-25-18/h5-7,9-13H,3-4,8,14H2,1-2H3,(H2,24,27). The Labute approximate surface area is 168 Å². The molecule has 3 aromatic rings. The molecule has 27 heavy (non-hydrogen) atoms. The molecule has 1 amide bonds. The Hall–Kier alpha value is -2.40. The lowest BCUT2D eigenvalue weighted by Gasteiger charge is -2.13. The van der Waals surface area contributed by atoms with Crippen LogP contribution in [0.3, 0.4) is 0 Å². The van der Waals surface area contributed by atoms with Crippen molar-refractivity contribution in [1.82, 2.24) is 9.55 Å². The van der Waals surface area contributed by atoms with Crippen molar-refractivity contribution in [3.8, 4) is 11.1 Å². The number of carbonyl (C=O) groups excluding carboxylic acids is 1. The van der Waals surface area contributed by atoms with Gasteiger partial charge in [-0.2, -0.15) is 0 Å². The molecule has 4 nitrogen and oxygen atoms in total. The smallest absolute Gasteiger partial charge is 0.251 e. The Bertz CT molecular complexity index is 930. The van der Waals surface area contributed by atoms with Crippen molar-refractivity contribution in [2.45, 2.75) is 39.7 Å². The molecule has 0 saturated carbocycles. The summed E-state index contributed by atoms with van der Waals surface area (Å²) in [7, 11) is 0. The minimum Gasteiger partial charge on any atom is -0.366 e. The summed E-state index contributed by atoms with van der Waals surface area (Å²) < 4.78 is 3.21. The first kappa shape index (κ1) is 19.4. The van der Waals surface area contributed by atoms with E-state index >= 15 is 0 Å². The van der Waals surface area contributed by atoms with Crippen molar-refractivity contribution in [1.29, 1.82) is 0 Å². The molecule has 0 spiro atoms. The van der Waals surface area contributed by atoms with Gasteiger partial charge in [0.2, 0.25) is 0 Å². The maximum Gasteiger partial charge on any atom is 0.251 e. The number of benzene rings is 1. The van der Waals surface area contributed by atoms with E-state index in [2.05, 4.69) is 32.4 Å². The van der Waals surface area contributed by atoms with E-state index in [0.29, 0.717) is 12.1 Å². The zero-order valence-corrected chi connectivity index (χ0v) is 17.3. The maximum atomic E-state index is 12.4. The molecule has 140 valence electrons. The molecule has 0 radical (unpaired) electrons. The second-order valence-corrected chi connectivity index (χ2v) is 7.58. The van der Waals surface area contributed by atoms with E-state index in [4.69, 9.17) is 5.73 Å². The molecule has 2 N–H and O–H groups in total. The fraction of sp³-hybridized carbons (Fsp3) is 0.273. The van der Waals surface area contributed by atoms with E-state index < -0.39 is 0 Å². The van der Waals surface area contributed by atoms with Crippen LogP contribution in [-0.4, -0.2) is 15.5 Å². The molecule has 0 unspecified atom stereocenters. The number of rotatable bonds is 7. The van der Waals surface area contributed by atoms with Crippen LogP contribution in [0, 0.1) is 6.92 Å². The third-order valence-corrected chi connectivity index (χ3v) is 5.35. The SMILES string of the molecule is CCCCc1c(-c2ccc(Br)cc2)c(C(N)=O)c(C)n1Cc1ccccn1. The number of primary amides is 1. The van der Waals surface area contributed by atoms with Crippen LogP contribution in [0.4, 0.5) is 0 Å². The van der Waals surface area contributed by atoms with Crippen LogP contribution < -0.4 is 5.73 Å². The van der Waals surface area contributed by atoms with Crippen LogP contribution >= 0.6 is 15.9 Å². The van der Waals surface area contributed by atoms with Gasteiger partial charge in [-0.15, -0.1) is 0 Å². The first-order valence-electron chi connectivity index (χ1n) is 9.20. The highest BCUT2D eigenvalue weighted by Gasteiger charge is 2.24. The zero-order chi connectivity index (χ0) is 19.4. The summed E-state index contributed by atoms with van der Waals surface area (Å²) in [6.45, 7) is 4.77. The predicted octanol–water partition coefficient (Wildman–Crippen LogP) is 5.11. The number of unbranched alkanes of at least 4 members (excludes halogenated alkanes) is 1. The molecular formula is C22H24BrN3O. The number of aromatic nitrogens is 2. The van der Waals surface area contributed by atoms with Gasteiger partial charge in [-0.25, -0.2) is 0 Å². The predicted molar refractivity (Wildman–Crippen MR) is 113 cm³/mol. The number of hydrogen-bond acceptors (Lipinski definition) is 2. The highest BCUT2D eigenvalue weighted by atomic mass is 79.9. The van der Waals surface area contributed by atoms with E-state index in [9.17, 15) is 4.79 Å². The van der Waals surface area contributed by atoms with E-state index in [1.54, 1.807) is 6.20 Å². The molecule has 0 aliphatic carbocycles. The normalized spacial score (nSPS) is 10.9. The molecule has 0 bridgehead atoms. The Morgan fingerprint density at radius 3 is 2.52 bits per heavy atom. The van der Waals surface area contributed by atoms with Gasteiger partial charge in [-0.05, 0) is 49.6 Å². The third kappa shape index (κ3) is 4.14. The van der Waals surface area contributed by atoms with E-state index in [1.165, 1.54) is 0 Å². The fourth-order valence-corrected chi connectivity index (χ4v) is 3.76. The van der Waals surface area contributed by atoms with Crippen molar-refractivity contribution in [3.63, 3.8) is 0 Å². The third-order valence-electron chi connectivity index (χ3n) is 4.82. The Morgan fingerprint density at radius 1 is 1.19 bits per heavy atom. The molecule has 0 atom stereocenters. The van der Waals surface area contributed by atoms with Crippen molar-refractivity contribution < 1.29 is 4.79 Å². The summed E-state index contributed by atoms with van der Waals surface area (Å²) >= 11 is 3.48. The van der Waals surface area contributed by atoms with Crippen molar-refractivity contribution in [2.24, 2.45) is 5.73 Å². The molecule has 3 rings (SSSR count). The topological polar surface area (TPSA) is 60.9 Å². The van der Waals surface area contributed by atoms with Crippen molar-refractivity contribution in [2.75, 3.05) is 0 Å². The summed E-state index contributed by atoms with van der Waals surface area (Å²) in [6, 6.07) is 14.0. The van der Waals surface area contributed by atoms with Gasteiger partial charge < -0.3 is 10.3 Å². The second kappa shape index (κ2) is 8.53. The first-order chi connectivity index (χ1) is 13.0.